The lowest BCUT2D eigenvalue weighted by atomic mass is 10.00. The summed E-state index contributed by atoms with van der Waals surface area (Å²) in [5, 5.41) is 0. The zero-order valence-electron chi connectivity index (χ0n) is 14.9. The van der Waals surface area contributed by atoms with Gasteiger partial charge in [0.1, 0.15) is 0 Å². The molecular weight excluding hydrogens is 320 g/mol. The fourth-order valence-electron chi connectivity index (χ4n) is 3.01. The molecule has 0 fully saturated rings. The molecule has 3 nitrogen and oxygen atoms in total. The Labute approximate surface area is 153 Å². The van der Waals surface area contributed by atoms with Crippen LogP contribution in [0.2, 0.25) is 0 Å². The van der Waals surface area contributed by atoms with Crippen LogP contribution >= 0.6 is 0 Å². The summed E-state index contributed by atoms with van der Waals surface area (Å²) in [6, 6.07) is 26.8. The highest BCUT2D eigenvalue weighted by atomic mass is 16.4. The number of rotatable bonds is 4. The fraction of sp³-hybridized carbons (Fsp3) is 0.0870. The highest BCUT2D eigenvalue weighted by molar-refractivity contribution is 5.80. The van der Waals surface area contributed by atoms with Gasteiger partial charge in [-0.1, -0.05) is 60.7 Å². The molecule has 0 unspecified atom stereocenters. The summed E-state index contributed by atoms with van der Waals surface area (Å²) in [7, 11) is 4.06. The molecule has 0 amide bonds. The molecule has 0 aliphatic heterocycles. The van der Waals surface area contributed by atoms with Crippen LogP contribution in [0, 0.1) is 0 Å². The van der Waals surface area contributed by atoms with Crippen LogP contribution in [0.15, 0.2) is 89.5 Å². The van der Waals surface area contributed by atoms with Crippen molar-refractivity contribution >= 4 is 5.69 Å². The van der Waals surface area contributed by atoms with Gasteiger partial charge in [0, 0.05) is 30.9 Å². The summed E-state index contributed by atoms with van der Waals surface area (Å²) in [5.41, 5.74) is 5.41. The monoisotopic (exact) mass is 340 g/mol. The molecule has 0 saturated carbocycles. The summed E-state index contributed by atoms with van der Waals surface area (Å²) in [5.74, 6) is 1.40. The molecule has 0 atom stereocenters. The van der Waals surface area contributed by atoms with E-state index >= 15 is 0 Å². The summed E-state index contributed by atoms with van der Waals surface area (Å²) in [6.45, 7) is 0. The third-order valence-corrected chi connectivity index (χ3v) is 4.40. The third kappa shape index (κ3) is 3.11. The van der Waals surface area contributed by atoms with Crippen LogP contribution in [0.4, 0.5) is 5.69 Å². The fourth-order valence-corrected chi connectivity index (χ4v) is 3.01. The molecule has 1 heterocycles. The second kappa shape index (κ2) is 6.89. The molecule has 3 aromatic carbocycles. The number of aromatic nitrogens is 1. The van der Waals surface area contributed by atoms with Crippen LogP contribution in [0.25, 0.3) is 33.9 Å². The van der Waals surface area contributed by atoms with Crippen molar-refractivity contribution in [1.82, 2.24) is 4.98 Å². The van der Waals surface area contributed by atoms with Gasteiger partial charge in [0.15, 0.2) is 5.76 Å². The number of nitrogens with zero attached hydrogens (tertiary/aromatic N) is 2. The van der Waals surface area contributed by atoms with E-state index in [4.69, 9.17) is 4.42 Å². The average Bonchev–Trinajstić information content (AvgIpc) is 3.19. The van der Waals surface area contributed by atoms with E-state index in [1.807, 2.05) is 62.6 Å². The maximum Gasteiger partial charge on any atom is 0.227 e. The van der Waals surface area contributed by atoms with Crippen molar-refractivity contribution in [2.45, 2.75) is 0 Å². The largest absolute Gasteiger partial charge is 0.436 e. The molecule has 4 rings (SSSR count). The Kier molecular flexibility index (Phi) is 4.28. The molecule has 0 aliphatic rings. The second-order valence-corrected chi connectivity index (χ2v) is 6.39. The van der Waals surface area contributed by atoms with Crippen LogP contribution in [0.1, 0.15) is 0 Å². The maximum atomic E-state index is 6.12. The Morgan fingerprint density at radius 2 is 1.42 bits per heavy atom. The van der Waals surface area contributed by atoms with Crippen molar-refractivity contribution in [2.75, 3.05) is 19.0 Å². The molecule has 1 aromatic heterocycles. The second-order valence-electron chi connectivity index (χ2n) is 6.39. The first kappa shape index (κ1) is 16.2. The Hall–Kier alpha value is -3.33. The van der Waals surface area contributed by atoms with Gasteiger partial charge in [0.25, 0.3) is 0 Å². The number of anilines is 1. The van der Waals surface area contributed by atoms with E-state index in [-0.39, 0.29) is 0 Å². The Morgan fingerprint density at radius 3 is 2.19 bits per heavy atom. The molecule has 0 aliphatic carbocycles. The molecule has 4 aromatic rings. The number of oxazole rings is 1. The Balaban J connectivity index is 1.75. The van der Waals surface area contributed by atoms with E-state index in [2.05, 4.69) is 40.2 Å². The van der Waals surface area contributed by atoms with E-state index in [9.17, 15) is 0 Å². The quantitative estimate of drug-likeness (QED) is 0.474. The predicted molar refractivity (Wildman–Crippen MR) is 107 cm³/mol. The van der Waals surface area contributed by atoms with Gasteiger partial charge in [-0.2, -0.15) is 0 Å². The molecular formula is C23H20N2O. The van der Waals surface area contributed by atoms with Crippen LogP contribution in [-0.2, 0) is 0 Å². The average molecular weight is 340 g/mol. The van der Waals surface area contributed by atoms with E-state index in [0.29, 0.717) is 5.89 Å². The van der Waals surface area contributed by atoms with Gasteiger partial charge in [0.2, 0.25) is 5.89 Å². The highest BCUT2D eigenvalue weighted by Crippen LogP contribution is 2.34. The minimum absolute atomic E-state index is 0.634. The summed E-state index contributed by atoms with van der Waals surface area (Å²) >= 11 is 0. The Morgan fingerprint density at radius 1 is 0.731 bits per heavy atom. The first-order valence-corrected chi connectivity index (χ1v) is 8.61. The van der Waals surface area contributed by atoms with Crippen molar-refractivity contribution in [3.63, 3.8) is 0 Å². The molecule has 0 bridgehead atoms. The highest BCUT2D eigenvalue weighted by Gasteiger charge is 2.13. The van der Waals surface area contributed by atoms with Gasteiger partial charge in [-0.25, -0.2) is 4.98 Å². The first-order valence-electron chi connectivity index (χ1n) is 8.61. The van der Waals surface area contributed by atoms with Crippen LogP contribution < -0.4 is 4.90 Å². The summed E-state index contributed by atoms with van der Waals surface area (Å²) < 4.78 is 6.12. The number of hydrogen-bond donors (Lipinski definition) is 0. The van der Waals surface area contributed by atoms with Crippen molar-refractivity contribution < 1.29 is 4.42 Å². The maximum absolute atomic E-state index is 6.12. The summed E-state index contributed by atoms with van der Waals surface area (Å²) in [6.07, 6.45) is 1.80. The van der Waals surface area contributed by atoms with E-state index in [0.717, 1.165) is 33.7 Å². The van der Waals surface area contributed by atoms with Gasteiger partial charge in [-0.3, -0.25) is 0 Å². The minimum atomic E-state index is 0.634. The standard InChI is InChI=1S/C23H20N2O/c1-25(2)19-12-8-11-18(15-19)22-16-24-23(26-22)21-14-7-6-13-20(21)17-9-4-3-5-10-17/h3-16H,1-2H3. The van der Waals surface area contributed by atoms with Gasteiger partial charge >= 0.3 is 0 Å². The smallest absolute Gasteiger partial charge is 0.227 e. The molecule has 0 saturated heterocycles. The van der Waals surface area contributed by atoms with Crippen LogP contribution in [0.5, 0.6) is 0 Å². The summed E-state index contributed by atoms with van der Waals surface area (Å²) in [4.78, 5) is 6.62. The normalized spacial score (nSPS) is 10.7. The predicted octanol–water partition coefficient (Wildman–Crippen LogP) is 5.74. The Bertz CT molecular complexity index is 1020. The van der Waals surface area contributed by atoms with Gasteiger partial charge in [-0.15, -0.1) is 0 Å². The number of hydrogen-bond acceptors (Lipinski definition) is 3. The SMILES string of the molecule is CN(C)c1cccc(-c2cnc(-c3ccccc3-c3ccccc3)o2)c1. The minimum Gasteiger partial charge on any atom is -0.436 e. The lowest BCUT2D eigenvalue weighted by Crippen LogP contribution is -2.08. The van der Waals surface area contributed by atoms with Gasteiger partial charge in [0.05, 0.1) is 6.20 Å². The van der Waals surface area contributed by atoms with Crippen molar-refractivity contribution in [3.8, 4) is 33.9 Å². The van der Waals surface area contributed by atoms with Gasteiger partial charge in [-0.05, 0) is 29.3 Å². The molecule has 3 heteroatoms. The lowest BCUT2D eigenvalue weighted by molar-refractivity contribution is 0.589. The van der Waals surface area contributed by atoms with Gasteiger partial charge < -0.3 is 9.32 Å². The van der Waals surface area contributed by atoms with E-state index < -0.39 is 0 Å². The number of benzene rings is 3. The third-order valence-electron chi connectivity index (χ3n) is 4.40. The van der Waals surface area contributed by atoms with E-state index in [1.165, 1.54) is 0 Å². The zero-order valence-corrected chi connectivity index (χ0v) is 14.9. The molecule has 0 spiro atoms. The molecule has 26 heavy (non-hydrogen) atoms. The van der Waals surface area contributed by atoms with Crippen molar-refractivity contribution in [2.24, 2.45) is 0 Å². The molecule has 0 radical (unpaired) electrons. The van der Waals surface area contributed by atoms with Crippen LogP contribution in [0.3, 0.4) is 0 Å². The van der Waals surface area contributed by atoms with E-state index in [1.54, 1.807) is 6.20 Å². The molecule has 0 N–H and O–H groups in total. The van der Waals surface area contributed by atoms with Crippen LogP contribution in [-0.4, -0.2) is 19.1 Å². The molecule has 128 valence electrons. The topological polar surface area (TPSA) is 29.3 Å². The van der Waals surface area contributed by atoms with Crippen molar-refractivity contribution in [3.05, 3.63) is 85.1 Å². The zero-order chi connectivity index (χ0) is 17.9. The van der Waals surface area contributed by atoms with Crippen molar-refractivity contribution in [1.29, 1.82) is 0 Å². The first-order chi connectivity index (χ1) is 12.7. The lowest BCUT2D eigenvalue weighted by Gasteiger charge is -2.12.